The van der Waals surface area contributed by atoms with Crippen molar-refractivity contribution in [1.29, 1.82) is 0 Å². The first-order valence-corrected chi connectivity index (χ1v) is 12.9. The van der Waals surface area contributed by atoms with Crippen molar-refractivity contribution in [3.8, 4) is 11.1 Å². The number of pyridine rings is 1. The average Bonchev–Trinajstić information content (AvgIpc) is 3.35. The molecule has 5 rings (SSSR count). The van der Waals surface area contributed by atoms with E-state index < -0.39 is 0 Å². The molecule has 192 valence electrons. The lowest BCUT2D eigenvalue weighted by atomic mass is 10.0. The molecule has 5 N–H and O–H groups in total. The molecule has 2 aromatic heterocycles. The largest absolute Gasteiger partial charge is 0.383 e. The van der Waals surface area contributed by atoms with Crippen molar-refractivity contribution < 1.29 is 14.4 Å². The quantitative estimate of drug-likeness (QED) is 0.285. The third-order valence-electron chi connectivity index (χ3n) is 6.14. The lowest BCUT2D eigenvalue weighted by molar-refractivity contribution is -0.134. The number of rotatable bonds is 5. The van der Waals surface area contributed by atoms with E-state index in [1.54, 1.807) is 12.3 Å². The summed E-state index contributed by atoms with van der Waals surface area (Å²) in [5.74, 6) is 0.00820. The fraction of sp³-hybridized carbons (Fsp3) is 0.143. The maximum Gasteiger partial charge on any atom is 0.323 e. The lowest BCUT2D eigenvalue weighted by Gasteiger charge is -2.25. The predicted molar refractivity (Wildman–Crippen MR) is 152 cm³/mol. The SMILES string of the molecule is Cc1cccc(NC(=O)Nc2ccc(-c3csc4c(C=CC(=O)N5CCNC(=O)C5)cnc(N)c34)cc2)c1. The summed E-state index contributed by atoms with van der Waals surface area (Å²) >= 11 is 1.51. The number of carbonyl (C=O) groups excluding carboxylic acids is 3. The molecule has 1 saturated heterocycles. The molecule has 10 heteroatoms. The van der Waals surface area contributed by atoms with Gasteiger partial charge in [-0.3, -0.25) is 9.59 Å². The topological polar surface area (TPSA) is 129 Å². The molecular formula is C28H26N6O3S. The highest BCUT2D eigenvalue weighted by Crippen LogP contribution is 2.39. The van der Waals surface area contributed by atoms with E-state index in [1.807, 2.05) is 60.8 Å². The van der Waals surface area contributed by atoms with Gasteiger partial charge in [0.25, 0.3) is 0 Å². The number of aryl methyl sites for hydroxylation is 1. The number of hydrogen-bond acceptors (Lipinski definition) is 6. The minimum Gasteiger partial charge on any atom is -0.383 e. The van der Waals surface area contributed by atoms with Crippen LogP contribution in [0.15, 0.2) is 66.2 Å². The van der Waals surface area contributed by atoms with Crippen molar-refractivity contribution in [1.82, 2.24) is 15.2 Å². The number of fused-ring (bicyclic) bond motifs is 1. The number of carbonyl (C=O) groups is 3. The van der Waals surface area contributed by atoms with Crippen LogP contribution >= 0.6 is 11.3 Å². The van der Waals surface area contributed by atoms with Crippen LogP contribution in [0.4, 0.5) is 22.0 Å². The normalized spacial score (nSPS) is 13.5. The molecule has 1 fully saturated rings. The van der Waals surface area contributed by atoms with Crippen molar-refractivity contribution >= 4 is 62.5 Å². The second-order valence-corrected chi connectivity index (χ2v) is 9.80. The van der Waals surface area contributed by atoms with Crippen LogP contribution in [-0.2, 0) is 9.59 Å². The Bertz CT molecular complexity index is 1560. The minimum atomic E-state index is -0.325. The van der Waals surface area contributed by atoms with Crippen LogP contribution < -0.4 is 21.7 Å². The third kappa shape index (κ3) is 5.50. The Balaban J connectivity index is 1.32. The van der Waals surface area contributed by atoms with E-state index in [0.717, 1.165) is 38.0 Å². The van der Waals surface area contributed by atoms with Crippen LogP contribution in [0.1, 0.15) is 11.1 Å². The van der Waals surface area contributed by atoms with Gasteiger partial charge in [-0.05, 0) is 53.8 Å². The molecule has 0 atom stereocenters. The van der Waals surface area contributed by atoms with E-state index in [-0.39, 0.29) is 24.4 Å². The number of thiophene rings is 1. The predicted octanol–water partition coefficient (Wildman–Crippen LogP) is 4.47. The lowest BCUT2D eigenvalue weighted by Crippen LogP contribution is -2.49. The van der Waals surface area contributed by atoms with Gasteiger partial charge in [-0.1, -0.05) is 24.3 Å². The van der Waals surface area contributed by atoms with E-state index in [0.29, 0.717) is 24.6 Å². The number of nitrogens with one attached hydrogen (secondary N) is 3. The molecule has 3 heterocycles. The van der Waals surface area contributed by atoms with E-state index in [4.69, 9.17) is 5.73 Å². The molecular weight excluding hydrogens is 500 g/mol. The van der Waals surface area contributed by atoms with Gasteiger partial charge in [-0.25, -0.2) is 9.78 Å². The van der Waals surface area contributed by atoms with Gasteiger partial charge < -0.3 is 26.6 Å². The fourth-order valence-corrected chi connectivity index (χ4v) is 5.34. The Morgan fingerprint density at radius 3 is 2.68 bits per heavy atom. The van der Waals surface area contributed by atoms with Gasteiger partial charge in [0.05, 0.1) is 6.54 Å². The number of piperazine rings is 1. The average molecular weight is 527 g/mol. The van der Waals surface area contributed by atoms with Crippen LogP contribution in [0, 0.1) is 6.92 Å². The van der Waals surface area contributed by atoms with Crippen molar-refractivity contribution in [2.24, 2.45) is 0 Å². The van der Waals surface area contributed by atoms with E-state index in [9.17, 15) is 14.4 Å². The van der Waals surface area contributed by atoms with Crippen molar-refractivity contribution in [3.05, 3.63) is 77.3 Å². The number of amides is 4. The van der Waals surface area contributed by atoms with Crippen molar-refractivity contribution in [2.75, 3.05) is 36.0 Å². The fourth-order valence-electron chi connectivity index (χ4n) is 4.26. The first-order chi connectivity index (χ1) is 18.4. The van der Waals surface area contributed by atoms with Crippen LogP contribution in [0.2, 0.25) is 0 Å². The van der Waals surface area contributed by atoms with Gasteiger partial charge in [0, 0.05) is 58.0 Å². The molecule has 0 saturated carbocycles. The molecule has 2 aromatic carbocycles. The number of urea groups is 1. The maximum atomic E-state index is 12.6. The van der Waals surface area contributed by atoms with E-state index in [2.05, 4.69) is 20.9 Å². The molecule has 0 unspecified atom stereocenters. The number of benzene rings is 2. The van der Waals surface area contributed by atoms with Crippen LogP contribution in [0.25, 0.3) is 27.3 Å². The number of nitrogens with two attached hydrogens (primary N) is 1. The maximum absolute atomic E-state index is 12.6. The number of hydrogen-bond donors (Lipinski definition) is 4. The van der Waals surface area contributed by atoms with Crippen LogP contribution in [0.5, 0.6) is 0 Å². The van der Waals surface area contributed by atoms with Crippen LogP contribution in [-0.4, -0.2) is 47.4 Å². The summed E-state index contributed by atoms with van der Waals surface area (Å²) < 4.78 is 0.910. The number of nitrogen functional groups attached to an aromatic ring is 1. The highest BCUT2D eigenvalue weighted by molar-refractivity contribution is 7.18. The first-order valence-electron chi connectivity index (χ1n) is 12.0. The molecule has 0 aliphatic carbocycles. The molecule has 9 nitrogen and oxygen atoms in total. The van der Waals surface area contributed by atoms with Crippen LogP contribution in [0.3, 0.4) is 0 Å². The monoisotopic (exact) mass is 526 g/mol. The van der Waals surface area contributed by atoms with Gasteiger partial charge in [-0.15, -0.1) is 11.3 Å². The molecule has 1 aliphatic rings. The summed E-state index contributed by atoms with van der Waals surface area (Å²) in [5, 5.41) is 11.2. The molecule has 0 spiro atoms. The van der Waals surface area contributed by atoms with Gasteiger partial charge in [0.15, 0.2) is 0 Å². The van der Waals surface area contributed by atoms with Gasteiger partial charge in [-0.2, -0.15) is 0 Å². The molecule has 4 aromatic rings. The minimum absolute atomic E-state index is 0.0557. The summed E-state index contributed by atoms with van der Waals surface area (Å²) in [7, 11) is 0. The molecule has 0 radical (unpaired) electrons. The molecule has 1 aliphatic heterocycles. The zero-order valence-electron chi connectivity index (χ0n) is 20.7. The second-order valence-electron chi connectivity index (χ2n) is 8.92. The number of aromatic nitrogens is 1. The Kier molecular flexibility index (Phi) is 7.05. The summed E-state index contributed by atoms with van der Waals surface area (Å²) in [6.45, 7) is 2.95. The molecule has 38 heavy (non-hydrogen) atoms. The molecule has 4 amide bonds. The van der Waals surface area contributed by atoms with Gasteiger partial charge >= 0.3 is 6.03 Å². The van der Waals surface area contributed by atoms with Crippen molar-refractivity contribution in [2.45, 2.75) is 6.92 Å². The number of anilines is 3. The summed E-state index contributed by atoms with van der Waals surface area (Å²) in [5.41, 5.74) is 11.3. The Labute approximate surface area is 223 Å². The zero-order valence-corrected chi connectivity index (χ0v) is 21.5. The smallest absolute Gasteiger partial charge is 0.323 e. The number of nitrogens with zero attached hydrogens (tertiary/aromatic N) is 2. The van der Waals surface area contributed by atoms with Gasteiger partial charge in [0.1, 0.15) is 5.82 Å². The standard InChI is InChI=1S/C28H26N6O3S/c1-17-3-2-4-21(13-17)33-28(37)32-20-8-5-18(6-9-20)22-16-38-26-19(14-31-27(29)25(22)26)7-10-24(36)34-12-11-30-23(35)15-34/h2-10,13-14,16H,11-12,15H2,1H3,(H2,29,31)(H,30,35)(H2,32,33,37). The second kappa shape index (κ2) is 10.7. The Morgan fingerprint density at radius 2 is 1.92 bits per heavy atom. The summed E-state index contributed by atoms with van der Waals surface area (Å²) in [6.07, 6.45) is 4.82. The third-order valence-corrected chi connectivity index (χ3v) is 7.17. The van der Waals surface area contributed by atoms with E-state index >= 15 is 0 Å². The highest BCUT2D eigenvalue weighted by atomic mass is 32.1. The zero-order chi connectivity index (χ0) is 26.6. The van der Waals surface area contributed by atoms with E-state index in [1.165, 1.54) is 22.3 Å². The van der Waals surface area contributed by atoms with Gasteiger partial charge in [0.2, 0.25) is 11.8 Å². The summed E-state index contributed by atoms with van der Waals surface area (Å²) in [6, 6.07) is 14.7. The Hall–Kier alpha value is -4.70. The van der Waals surface area contributed by atoms with Crippen molar-refractivity contribution in [3.63, 3.8) is 0 Å². The highest BCUT2D eigenvalue weighted by Gasteiger charge is 2.19. The Morgan fingerprint density at radius 1 is 1.13 bits per heavy atom. The molecule has 0 bridgehead atoms. The summed E-state index contributed by atoms with van der Waals surface area (Å²) in [4.78, 5) is 42.4. The first kappa shape index (κ1) is 25.0.